The highest BCUT2D eigenvalue weighted by molar-refractivity contribution is 8.00. The van der Waals surface area contributed by atoms with Gasteiger partial charge in [0.2, 0.25) is 5.91 Å². The van der Waals surface area contributed by atoms with Gasteiger partial charge >= 0.3 is 0 Å². The fourth-order valence-electron chi connectivity index (χ4n) is 2.88. The maximum atomic E-state index is 12.2. The van der Waals surface area contributed by atoms with Gasteiger partial charge in [0.25, 0.3) is 0 Å². The molecular weight excluding hydrogens is 332 g/mol. The van der Waals surface area contributed by atoms with Crippen LogP contribution in [0.5, 0.6) is 0 Å². The first kappa shape index (κ1) is 17.4. The average Bonchev–Trinajstić information content (AvgIpc) is 3.40. The van der Waals surface area contributed by atoms with Gasteiger partial charge in [0.05, 0.1) is 11.4 Å². The number of hydrogen-bond donors (Lipinski definition) is 1. The molecule has 3 rings (SSSR count). The van der Waals surface area contributed by atoms with Crippen LogP contribution in [0, 0.1) is 25.2 Å². The van der Waals surface area contributed by atoms with Gasteiger partial charge in [-0.25, -0.2) is 9.97 Å². The van der Waals surface area contributed by atoms with Crippen LogP contribution in [0.25, 0.3) is 0 Å². The number of amides is 1. The Kier molecular flexibility index (Phi) is 5.05. The quantitative estimate of drug-likeness (QED) is 0.639. The number of nitriles is 1. The van der Waals surface area contributed by atoms with Crippen molar-refractivity contribution in [2.24, 2.45) is 0 Å². The second-order valence-electron chi connectivity index (χ2n) is 6.36. The van der Waals surface area contributed by atoms with Crippen LogP contribution in [0.2, 0.25) is 0 Å². The predicted molar refractivity (Wildman–Crippen MR) is 97.3 cm³/mol. The summed E-state index contributed by atoms with van der Waals surface area (Å²) in [5.41, 5.74) is 2.49. The van der Waals surface area contributed by atoms with E-state index in [9.17, 15) is 10.1 Å². The number of hydrogen-bond acceptors (Lipinski definition) is 5. The van der Waals surface area contributed by atoms with Crippen LogP contribution in [0.15, 0.2) is 35.4 Å². The van der Waals surface area contributed by atoms with E-state index in [1.165, 1.54) is 17.3 Å². The van der Waals surface area contributed by atoms with Crippen molar-refractivity contribution in [2.45, 2.75) is 37.1 Å². The predicted octanol–water partition coefficient (Wildman–Crippen LogP) is 2.91. The number of carbonyl (C=O) groups is 1. The molecule has 0 aliphatic heterocycles. The Hall–Kier alpha value is -2.39. The largest absolute Gasteiger partial charge is 0.354 e. The Morgan fingerprint density at radius 3 is 2.64 bits per heavy atom. The van der Waals surface area contributed by atoms with Gasteiger partial charge in [-0.3, -0.25) is 4.79 Å². The minimum Gasteiger partial charge on any atom is -0.354 e. The van der Waals surface area contributed by atoms with Gasteiger partial charge in [-0.1, -0.05) is 42.1 Å². The van der Waals surface area contributed by atoms with E-state index in [0.29, 0.717) is 28.7 Å². The third-order valence-electron chi connectivity index (χ3n) is 4.48. The molecule has 1 saturated carbocycles. The Bertz CT molecular complexity index is 825. The zero-order valence-corrected chi connectivity index (χ0v) is 15.2. The van der Waals surface area contributed by atoms with Gasteiger partial charge in [-0.05, 0) is 32.3 Å². The molecule has 0 spiro atoms. The third kappa shape index (κ3) is 3.99. The van der Waals surface area contributed by atoms with Crippen LogP contribution < -0.4 is 5.32 Å². The Balaban J connectivity index is 1.57. The lowest BCUT2D eigenvalue weighted by atomic mass is 9.96. The van der Waals surface area contributed by atoms with E-state index in [1.54, 1.807) is 13.8 Å². The maximum absolute atomic E-state index is 12.2. The molecule has 0 atom stereocenters. The van der Waals surface area contributed by atoms with Crippen LogP contribution in [0.4, 0.5) is 0 Å². The van der Waals surface area contributed by atoms with Crippen LogP contribution >= 0.6 is 11.8 Å². The molecule has 2 aromatic rings. The minimum atomic E-state index is -0.0370. The van der Waals surface area contributed by atoms with E-state index >= 15 is 0 Å². The second-order valence-corrected chi connectivity index (χ2v) is 7.32. The van der Waals surface area contributed by atoms with Crippen molar-refractivity contribution in [1.29, 1.82) is 5.26 Å². The molecule has 25 heavy (non-hydrogen) atoms. The van der Waals surface area contributed by atoms with E-state index < -0.39 is 0 Å². The van der Waals surface area contributed by atoms with Crippen LogP contribution in [-0.2, 0) is 10.2 Å². The summed E-state index contributed by atoms with van der Waals surface area (Å²) in [5, 5.41) is 12.9. The highest BCUT2D eigenvalue weighted by atomic mass is 32.2. The summed E-state index contributed by atoms with van der Waals surface area (Å²) in [7, 11) is 0. The number of benzene rings is 1. The molecule has 0 bridgehead atoms. The van der Waals surface area contributed by atoms with E-state index in [0.717, 1.165) is 12.8 Å². The van der Waals surface area contributed by atoms with E-state index in [2.05, 4.69) is 33.5 Å². The molecule has 1 amide bonds. The molecule has 1 aliphatic carbocycles. The molecule has 5 nitrogen and oxygen atoms in total. The highest BCUT2D eigenvalue weighted by Gasteiger charge is 2.44. The van der Waals surface area contributed by atoms with Gasteiger partial charge in [-0.15, -0.1) is 0 Å². The molecule has 6 heteroatoms. The summed E-state index contributed by atoms with van der Waals surface area (Å²) in [4.78, 5) is 20.7. The maximum Gasteiger partial charge on any atom is 0.230 e. The monoisotopic (exact) mass is 352 g/mol. The molecule has 1 aromatic heterocycles. The van der Waals surface area contributed by atoms with E-state index in [-0.39, 0.29) is 17.1 Å². The summed E-state index contributed by atoms with van der Waals surface area (Å²) >= 11 is 1.29. The van der Waals surface area contributed by atoms with Crippen LogP contribution in [0.1, 0.15) is 35.5 Å². The molecule has 1 N–H and O–H groups in total. The van der Waals surface area contributed by atoms with Crippen molar-refractivity contribution >= 4 is 17.7 Å². The molecule has 1 fully saturated rings. The van der Waals surface area contributed by atoms with E-state index in [1.807, 2.05) is 18.2 Å². The highest BCUT2D eigenvalue weighted by Crippen LogP contribution is 2.47. The third-order valence-corrected chi connectivity index (χ3v) is 5.46. The summed E-state index contributed by atoms with van der Waals surface area (Å²) in [6.45, 7) is 4.23. The van der Waals surface area contributed by atoms with Crippen molar-refractivity contribution in [3.63, 3.8) is 0 Å². The number of carbonyl (C=O) groups excluding carboxylic acids is 1. The first-order valence-electron chi connectivity index (χ1n) is 8.24. The molecule has 128 valence electrons. The summed E-state index contributed by atoms with van der Waals surface area (Å²) in [6, 6.07) is 12.5. The first-order chi connectivity index (χ1) is 12.0. The zero-order chi connectivity index (χ0) is 17.9. The number of nitrogens with zero attached hydrogens (tertiary/aromatic N) is 3. The molecular formula is C19H20N4OS. The average molecular weight is 352 g/mol. The molecule has 0 unspecified atom stereocenters. The van der Waals surface area contributed by atoms with Crippen LogP contribution in [-0.4, -0.2) is 28.2 Å². The molecule has 0 saturated heterocycles. The molecule has 0 radical (unpaired) electrons. The number of nitrogens with one attached hydrogen (secondary N) is 1. The number of thioether (sulfide) groups is 1. The van der Waals surface area contributed by atoms with Crippen molar-refractivity contribution in [3.8, 4) is 6.07 Å². The van der Waals surface area contributed by atoms with Crippen molar-refractivity contribution in [2.75, 3.05) is 12.3 Å². The van der Waals surface area contributed by atoms with Crippen LogP contribution in [0.3, 0.4) is 0 Å². The molecule has 1 heterocycles. The molecule has 1 aliphatic rings. The van der Waals surface area contributed by atoms with Gasteiger partial charge < -0.3 is 5.32 Å². The van der Waals surface area contributed by atoms with Gasteiger partial charge in [0.15, 0.2) is 0 Å². The van der Waals surface area contributed by atoms with Gasteiger partial charge in [0, 0.05) is 12.0 Å². The normalized spacial score (nSPS) is 14.6. The fraction of sp³-hybridized carbons (Fsp3) is 0.368. The van der Waals surface area contributed by atoms with Gasteiger partial charge in [0.1, 0.15) is 22.5 Å². The number of aryl methyl sites for hydroxylation is 2. The Morgan fingerprint density at radius 1 is 1.28 bits per heavy atom. The summed E-state index contributed by atoms with van der Waals surface area (Å²) < 4.78 is 0. The van der Waals surface area contributed by atoms with E-state index in [4.69, 9.17) is 0 Å². The Morgan fingerprint density at radius 2 is 2.00 bits per heavy atom. The minimum absolute atomic E-state index is 0.0370. The van der Waals surface area contributed by atoms with Gasteiger partial charge in [-0.2, -0.15) is 5.26 Å². The Labute approximate surface area is 151 Å². The number of rotatable bonds is 6. The summed E-state index contributed by atoms with van der Waals surface area (Å²) in [5.74, 6) is 0.820. The van der Waals surface area contributed by atoms with Crippen molar-refractivity contribution < 1.29 is 4.79 Å². The lowest BCUT2D eigenvalue weighted by Gasteiger charge is -2.16. The number of aromatic nitrogens is 2. The lowest BCUT2D eigenvalue weighted by Crippen LogP contribution is -2.33. The molecule has 1 aromatic carbocycles. The lowest BCUT2D eigenvalue weighted by molar-refractivity contribution is -0.118. The second kappa shape index (κ2) is 7.24. The fourth-order valence-corrected chi connectivity index (χ4v) is 3.78. The summed E-state index contributed by atoms with van der Waals surface area (Å²) in [6.07, 6.45) is 2.21. The van der Waals surface area contributed by atoms with Crippen molar-refractivity contribution in [1.82, 2.24) is 15.3 Å². The first-order valence-corrected chi connectivity index (χ1v) is 9.23. The SMILES string of the molecule is Cc1nc(C)c(C#N)c(SCC(=O)NCC2(c3ccccc3)CC2)n1. The smallest absolute Gasteiger partial charge is 0.230 e. The topological polar surface area (TPSA) is 78.7 Å². The standard InChI is InChI=1S/C19H20N4OS/c1-13-16(10-20)18(23-14(2)22-13)25-11-17(24)21-12-19(8-9-19)15-6-4-3-5-7-15/h3-7H,8-9,11-12H2,1-2H3,(H,21,24). The van der Waals surface area contributed by atoms with Crippen molar-refractivity contribution in [3.05, 3.63) is 53.0 Å². The zero-order valence-electron chi connectivity index (χ0n) is 14.4.